The Morgan fingerprint density at radius 3 is 2.22 bits per heavy atom. The molecule has 0 aromatic heterocycles. The maximum absolute atomic E-state index is 12.3. The second kappa shape index (κ2) is 10.6. The predicted octanol–water partition coefficient (Wildman–Crippen LogP) is 5.30. The third kappa shape index (κ3) is 5.89. The SMILES string of the molecule is C[C@@H]1[C@@H](O)[C@H](CCOC(=O)C(C)(C)C)O[C@@H]2[C@@H](C)[C@H](C)[C@@]3(CCCO3)O[C@H]2[C@H]1O[Si](C)(C)C(C)(C)C. The number of carbonyl (C=O) groups is 1. The second-order valence-electron chi connectivity index (χ2n) is 14.0. The van der Waals surface area contributed by atoms with Crippen LogP contribution in [0, 0.1) is 23.2 Å². The van der Waals surface area contributed by atoms with Gasteiger partial charge in [0.05, 0.1) is 43.0 Å². The van der Waals surface area contributed by atoms with E-state index >= 15 is 0 Å². The van der Waals surface area contributed by atoms with E-state index in [0.29, 0.717) is 13.0 Å². The smallest absolute Gasteiger partial charge is 0.311 e. The minimum Gasteiger partial charge on any atom is -0.465 e. The first-order valence-electron chi connectivity index (χ1n) is 13.9. The zero-order chi connectivity index (χ0) is 27.3. The van der Waals surface area contributed by atoms with E-state index in [4.69, 9.17) is 23.4 Å². The Hall–Kier alpha value is -0.513. The van der Waals surface area contributed by atoms with Gasteiger partial charge in [-0.15, -0.1) is 0 Å². The summed E-state index contributed by atoms with van der Waals surface area (Å²) in [6.45, 7) is 24.0. The van der Waals surface area contributed by atoms with Gasteiger partial charge in [-0.05, 0) is 51.2 Å². The van der Waals surface area contributed by atoms with Crippen LogP contribution in [0.1, 0.15) is 81.6 Å². The zero-order valence-electron chi connectivity index (χ0n) is 24.6. The van der Waals surface area contributed by atoms with Crippen molar-refractivity contribution in [1.29, 1.82) is 0 Å². The highest BCUT2D eigenvalue weighted by Crippen LogP contribution is 2.50. The van der Waals surface area contributed by atoms with E-state index in [2.05, 4.69) is 47.7 Å². The summed E-state index contributed by atoms with van der Waals surface area (Å²) in [6, 6.07) is 0. The summed E-state index contributed by atoms with van der Waals surface area (Å²) in [7, 11) is -2.19. The van der Waals surface area contributed by atoms with Crippen molar-refractivity contribution in [2.45, 2.75) is 136 Å². The van der Waals surface area contributed by atoms with Crippen LogP contribution in [-0.2, 0) is 28.2 Å². The van der Waals surface area contributed by atoms with Gasteiger partial charge in [0.2, 0.25) is 0 Å². The van der Waals surface area contributed by atoms with Gasteiger partial charge in [0.15, 0.2) is 14.1 Å². The van der Waals surface area contributed by atoms with Crippen LogP contribution in [0.4, 0.5) is 0 Å². The molecule has 3 aliphatic rings. The third-order valence-corrected chi connectivity index (χ3v) is 13.7. The molecule has 3 heterocycles. The fraction of sp³-hybridized carbons (Fsp3) is 0.964. The molecule has 0 amide bonds. The normalized spacial score (nSPS) is 40.1. The van der Waals surface area contributed by atoms with Crippen LogP contribution in [0.5, 0.6) is 0 Å². The molecular weight excluding hydrogens is 476 g/mol. The van der Waals surface area contributed by atoms with Gasteiger partial charge in [-0.3, -0.25) is 4.79 Å². The monoisotopic (exact) mass is 528 g/mol. The van der Waals surface area contributed by atoms with Crippen molar-refractivity contribution < 1.29 is 33.3 Å². The van der Waals surface area contributed by atoms with Gasteiger partial charge in [-0.1, -0.05) is 41.5 Å². The van der Waals surface area contributed by atoms with Gasteiger partial charge in [0.1, 0.15) is 6.10 Å². The van der Waals surface area contributed by atoms with Crippen LogP contribution in [0.3, 0.4) is 0 Å². The number of esters is 1. The molecule has 8 heteroatoms. The van der Waals surface area contributed by atoms with Crippen LogP contribution < -0.4 is 0 Å². The van der Waals surface area contributed by atoms with Crippen LogP contribution in [0.25, 0.3) is 0 Å². The fourth-order valence-electron chi connectivity index (χ4n) is 5.46. The second-order valence-corrected chi connectivity index (χ2v) is 18.8. The number of fused-ring (bicyclic) bond motifs is 1. The molecule has 3 fully saturated rings. The molecule has 0 aliphatic carbocycles. The van der Waals surface area contributed by atoms with E-state index in [1.165, 1.54) is 0 Å². The molecule has 7 nitrogen and oxygen atoms in total. The zero-order valence-corrected chi connectivity index (χ0v) is 25.6. The van der Waals surface area contributed by atoms with Gasteiger partial charge in [-0.2, -0.15) is 0 Å². The van der Waals surface area contributed by atoms with Crippen molar-refractivity contribution in [3.05, 3.63) is 0 Å². The first-order valence-corrected chi connectivity index (χ1v) is 16.8. The Kier molecular flexibility index (Phi) is 8.82. The summed E-state index contributed by atoms with van der Waals surface area (Å²) in [5.74, 6) is -0.828. The summed E-state index contributed by atoms with van der Waals surface area (Å²) < 4.78 is 32.4. The van der Waals surface area contributed by atoms with Crippen LogP contribution >= 0.6 is 0 Å². The number of ether oxygens (including phenoxy) is 4. The molecule has 0 unspecified atom stereocenters. The Labute approximate surface area is 220 Å². The van der Waals surface area contributed by atoms with E-state index in [1.54, 1.807) is 0 Å². The van der Waals surface area contributed by atoms with Crippen LogP contribution in [0.15, 0.2) is 0 Å². The Balaban J connectivity index is 1.92. The van der Waals surface area contributed by atoms with Gasteiger partial charge < -0.3 is 28.5 Å². The molecule has 3 rings (SSSR count). The first-order chi connectivity index (χ1) is 16.4. The number of aliphatic hydroxyl groups is 1. The summed E-state index contributed by atoms with van der Waals surface area (Å²) in [5.41, 5.74) is -0.569. The summed E-state index contributed by atoms with van der Waals surface area (Å²) in [6.07, 6.45) is 0.0642. The van der Waals surface area contributed by atoms with E-state index in [0.717, 1.165) is 12.8 Å². The summed E-state index contributed by atoms with van der Waals surface area (Å²) in [5, 5.41) is 11.6. The average molecular weight is 529 g/mol. The standard InChI is InChI=1S/C28H52O7Si/c1-17-19(3)28(14-12-15-32-28)34-24-22(17)33-20(13-16-31-25(30)26(4,5)6)21(29)18(2)23(24)35-36(10,11)27(7,8)9/h17-24,29H,12-16H2,1-11H3/t17-,18+,19-,20-,21+,22+,23-,24+,28+/m0/s1. The number of rotatable bonds is 5. The van der Waals surface area contributed by atoms with Gasteiger partial charge in [0.25, 0.3) is 0 Å². The molecule has 3 saturated heterocycles. The Morgan fingerprint density at radius 1 is 1.06 bits per heavy atom. The van der Waals surface area contributed by atoms with Crippen LogP contribution in [-0.4, -0.2) is 68.9 Å². The molecule has 36 heavy (non-hydrogen) atoms. The largest absolute Gasteiger partial charge is 0.465 e. The minimum absolute atomic E-state index is 0.00993. The average Bonchev–Trinajstić information content (AvgIpc) is 3.20. The van der Waals surface area contributed by atoms with E-state index in [9.17, 15) is 9.90 Å². The number of hydrogen-bond acceptors (Lipinski definition) is 7. The van der Waals surface area contributed by atoms with Gasteiger partial charge >= 0.3 is 5.97 Å². The third-order valence-electron chi connectivity index (χ3n) is 9.25. The molecule has 0 aromatic rings. The molecule has 0 saturated carbocycles. The summed E-state index contributed by atoms with van der Waals surface area (Å²) >= 11 is 0. The maximum Gasteiger partial charge on any atom is 0.311 e. The maximum atomic E-state index is 12.3. The molecule has 0 aromatic carbocycles. The number of aliphatic hydroxyl groups excluding tert-OH is 1. The summed E-state index contributed by atoms with van der Waals surface area (Å²) in [4.78, 5) is 12.3. The fourth-order valence-corrected chi connectivity index (χ4v) is 6.84. The quantitative estimate of drug-likeness (QED) is 0.383. The molecule has 3 aliphatic heterocycles. The molecular formula is C28H52O7Si. The molecule has 1 N–H and O–H groups in total. The lowest BCUT2D eigenvalue weighted by Gasteiger charge is -2.53. The van der Waals surface area contributed by atoms with Crippen molar-refractivity contribution in [2.75, 3.05) is 13.2 Å². The van der Waals surface area contributed by atoms with Crippen molar-refractivity contribution in [3.63, 3.8) is 0 Å². The van der Waals surface area contributed by atoms with Gasteiger partial charge in [-0.25, -0.2) is 0 Å². The Bertz CT molecular complexity index is 763. The van der Waals surface area contributed by atoms with E-state index in [1.807, 2.05) is 27.7 Å². The highest BCUT2D eigenvalue weighted by Gasteiger charge is 2.59. The lowest BCUT2D eigenvalue weighted by atomic mass is 9.76. The lowest BCUT2D eigenvalue weighted by Crippen LogP contribution is -2.62. The molecule has 9 atom stereocenters. The lowest BCUT2D eigenvalue weighted by molar-refractivity contribution is -0.336. The predicted molar refractivity (Wildman–Crippen MR) is 142 cm³/mol. The molecule has 210 valence electrons. The first kappa shape index (κ1) is 30.0. The Morgan fingerprint density at radius 2 is 1.69 bits per heavy atom. The van der Waals surface area contributed by atoms with Crippen molar-refractivity contribution in [3.8, 4) is 0 Å². The minimum atomic E-state index is -2.19. The number of carbonyl (C=O) groups excluding carboxylic acids is 1. The van der Waals surface area contributed by atoms with E-state index in [-0.39, 0.29) is 53.7 Å². The highest BCUT2D eigenvalue weighted by molar-refractivity contribution is 6.74. The molecule has 0 bridgehead atoms. The van der Waals surface area contributed by atoms with Crippen LogP contribution in [0.2, 0.25) is 18.1 Å². The molecule has 1 spiro atoms. The van der Waals surface area contributed by atoms with Crippen molar-refractivity contribution in [2.24, 2.45) is 23.2 Å². The highest BCUT2D eigenvalue weighted by atomic mass is 28.4. The molecule has 0 radical (unpaired) electrons. The van der Waals surface area contributed by atoms with Gasteiger partial charge in [0, 0.05) is 24.7 Å². The topological polar surface area (TPSA) is 83.5 Å². The van der Waals surface area contributed by atoms with E-state index < -0.39 is 31.7 Å². The van der Waals surface area contributed by atoms with Crippen molar-refractivity contribution >= 4 is 14.3 Å². The van der Waals surface area contributed by atoms with Crippen molar-refractivity contribution in [1.82, 2.24) is 0 Å². The number of hydrogen-bond donors (Lipinski definition) is 1.